The molecule has 0 aliphatic heterocycles. The minimum atomic E-state index is -3.87. The van der Waals surface area contributed by atoms with Crippen LogP contribution in [0.3, 0.4) is 0 Å². The Kier molecular flexibility index (Phi) is 11.9. The third-order valence-corrected chi connectivity index (χ3v) is 8.22. The zero-order valence-corrected chi connectivity index (χ0v) is 25.7. The summed E-state index contributed by atoms with van der Waals surface area (Å²) in [5.74, 6) is -0.362. The van der Waals surface area contributed by atoms with Crippen molar-refractivity contribution in [1.29, 1.82) is 0 Å². The predicted molar refractivity (Wildman–Crippen MR) is 164 cm³/mol. The van der Waals surface area contributed by atoms with E-state index in [1.54, 1.807) is 42.5 Å². The monoisotopic (exact) mass is 619 g/mol. The van der Waals surface area contributed by atoms with Gasteiger partial charge in [-0.05, 0) is 53.9 Å². The number of ether oxygens (including phenoxy) is 1. The lowest BCUT2D eigenvalue weighted by atomic mass is 10.0. The molecule has 41 heavy (non-hydrogen) atoms. The topological polar surface area (TPSA) is 96.0 Å². The van der Waals surface area contributed by atoms with Crippen molar-refractivity contribution in [3.63, 3.8) is 0 Å². The maximum absolute atomic E-state index is 14.1. The van der Waals surface area contributed by atoms with E-state index in [9.17, 15) is 18.0 Å². The summed E-state index contributed by atoms with van der Waals surface area (Å²) in [6.45, 7) is 1.91. The first kappa shape index (κ1) is 32.2. The number of unbranched alkanes of at least 4 members (excludes halogenated alkanes) is 1. The van der Waals surface area contributed by atoms with Gasteiger partial charge in [0.05, 0.1) is 19.1 Å². The fourth-order valence-electron chi connectivity index (χ4n) is 4.26. The molecular weight excluding hydrogens is 585 g/mol. The number of nitrogens with zero attached hydrogens (tertiary/aromatic N) is 2. The highest BCUT2D eigenvalue weighted by atomic mass is 35.5. The number of sulfonamides is 1. The van der Waals surface area contributed by atoms with E-state index >= 15 is 0 Å². The number of rotatable bonds is 14. The molecule has 0 bridgehead atoms. The van der Waals surface area contributed by atoms with E-state index < -0.39 is 28.5 Å². The second-order valence-electron chi connectivity index (χ2n) is 9.58. The molecule has 11 heteroatoms. The maximum atomic E-state index is 14.1. The van der Waals surface area contributed by atoms with Crippen LogP contribution < -0.4 is 14.4 Å². The zero-order chi connectivity index (χ0) is 30.0. The lowest BCUT2D eigenvalue weighted by molar-refractivity contribution is -0.140. The van der Waals surface area contributed by atoms with Gasteiger partial charge in [0.2, 0.25) is 21.8 Å². The molecule has 3 aromatic carbocycles. The van der Waals surface area contributed by atoms with E-state index in [4.69, 9.17) is 27.9 Å². The molecule has 1 atom stereocenters. The summed E-state index contributed by atoms with van der Waals surface area (Å²) in [7, 11) is -2.37. The molecule has 0 unspecified atom stereocenters. The molecule has 0 heterocycles. The molecule has 0 saturated heterocycles. The molecule has 8 nitrogen and oxygen atoms in total. The summed E-state index contributed by atoms with van der Waals surface area (Å²) in [4.78, 5) is 29.1. The first-order chi connectivity index (χ1) is 19.5. The van der Waals surface area contributed by atoms with Crippen molar-refractivity contribution >= 4 is 50.7 Å². The first-order valence-electron chi connectivity index (χ1n) is 13.2. The van der Waals surface area contributed by atoms with Crippen molar-refractivity contribution in [2.75, 3.05) is 30.8 Å². The second kappa shape index (κ2) is 15.1. The summed E-state index contributed by atoms with van der Waals surface area (Å²) in [5, 5.41) is 3.70. The van der Waals surface area contributed by atoms with Crippen LogP contribution >= 0.6 is 23.2 Å². The fourth-order valence-corrected chi connectivity index (χ4v) is 5.57. The Morgan fingerprint density at radius 2 is 1.68 bits per heavy atom. The molecule has 0 aliphatic carbocycles. The Hall–Kier alpha value is -3.27. The van der Waals surface area contributed by atoms with Gasteiger partial charge in [0.1, 0.15) is 18.3 Å². The van der Waals surface area contributed by atoms with Crippen LogP contribution in [0, 0.1) is 0 Å². The summed E-state index contributed by atoms with van der Waals surface area (Å²) >= 11 is 12.6. The summed E-state index contributed by atoms with van der Waals surface area (Å²) in [5.41, 5.74) is 1.70. The Morgan fingerprint density at radius 1 is 1.00 bits per heavy atom. The van der Waals surface area contributed by atoms with Gasteiger partial charge < -0.3 is 15.0 Å². The Morgan fingerprint density at radius 3 is 2.27 bits per heavy atom. The Balaban J connectivity index is 2.05. The van der Waals surface area contributed by atoms with Crippen LogP contribution in [0.25, 0.3) is 0 Å². The van der Waals surface area contributed by atoms with Gasteiger partial charge in [0, 0.05) is 29.6 Å². The van der Waals surface area contributed by atoms with Gasteiger partial charge in [0.15, 0.2) is 0 Å². The number of methoxy groups -OCH3 is 1. The minimum absolute atomic E-state index is 0.0340. The van der Waals surface area contributed by atoms with Crippen LogP contribution in [0.15, 0.2) is 72.8 Å². The van der Waals surface area contributed by atoms with Gasteiger partial charge in [-0.3, -0.25) is 13.9 Å². The molecule has 0 radical (unpaired) electrons. The van der Waals surface area contributed by atoms with Crippen LogP contribution in [-0.4, -0.2) is 57.6 Å². The van der Waals surface area contributed by atoms with Crippen molar-refractivity contribution in [2.24, 2.45) is 0 Å². The number of carbonyl (C=O) groups excluding carboxylic acids is 2. The summed E-state index contributed by atoms with van der Waals surface area (Å²) < 4.78 is 31.9. The Bertz CT molecular complexity index is 1420. The van der Waals surface area contributed by atoms with Crippen molar-refractivity contribution in [3.05, 3.63) is 94.0 Å². The molecule has 0 saturated carbocycles. The number of amides is 2. The summed E-state index contributed by atoms with van der Waals surface area (Å²) in [6.07, 6.45) is 2.92. The van der Waals surface area contributed by atoms with Crippen molar-refractivity contribution in [2.45, 2.75) is 38.8 Å². The van der Waals surface area contributed by atoms with Crippen molar-refractivity contribution < 1.29 is 22.7 Å². The molecule has 3 aromatic rings. The second-order valence-corrected chi connectivity index (χ2v) is 12.3. The third kappa shape index (κ3) is 9.38. The van der Waals surface area contributed by atoms with Gasteiger partial charge in [-0.25, -0.2) is 8.42 Å². The van der Waals surface area contributed by atoms with Gasteiger partial charge in [-0.1, -0.05) is 72.9 Å². The number of halogens is 2. The van der Waals surface area contributed by atoms with Crippen molar-refractivity contribution in [3.8, 4) is 5.75 Å². The highest BCUT2D eigenvalue weighted by Crippen LogP contribution is 2.26. The minimum Gasteiger partial charge on any atom is -0.497 e. The SMILES string of the molecule is CCCCNC(=O)[C@H](Cc1ccccc1)N(Cc1ccc(Cl)cc1Cl)C(=O)CN(c1ccc(OC)cc1)S(C)(=O)=O. The molecule has 3 rings (SSSR count). The van der Waals surface area contributed by atoms with Gasteiger partial charge in [0.25, 0.3) is 0 Å². The lowest BCUT2D eigenvalue weighted by Gasteiger charge is -2.33. The van der Waals surface area contributed by atoms with E-state index in [2.05, 4.69) is 5.32 Å². The molecule has 0 fully saturated rings. The van der Waals surface area contributed by atoms with Crippen LogP contribution in [0.4, 0.5) is 5.69 Å². The van der Waals surface area contributed by atoms with E-state index in [1.165, 1.54) is 12.0 Å². The fraction of sp³-hybridized carbons (Fsp3) is 0.333. The normalized spacial score (nSPS) is 11.9. The number of hydrogen-bond donors (Lipinski definition) is 1. The standard InChI is InChI=1S/C30H35Cl2N3O5S/c1-4-5-17-33-30(37)28(18-22-9-7-6-8-10-22)34(20-23-11-12-24(31)19-27(23)32)29(36)21-35(41(3,38)39)25-13-15-26(40-2)16-14-25/h6-16,19,28H,4-5,17-18,20-21H2,1-3H3,(H,33,37)/t28-/m0/s1. The molecule has 1 N–H and O–H groups in total. The highest BCUT2D eigenvalue weighted by Gasteiger charge is 2.33. The van der Waals surface area contributed by atoms with E-state index in [1.807, 2.05) is 37.3 Å². The number of anilines is 1. The molecule has 0 aromatic heterocycles. The molecular formula is C30H35Cl2N3O5S. The van der Waals surface area contributed by atoms with Gasteiger partial charge in [-0.15, -0.1) is 0 Å². The van der Waals surface area contributed by atoms with Gasteiger partial charge >= 0.3 is 0 Å². The molecule has 0 spiro atoms. The highest BCUT2D eigenvalue weighted by molar-refractivity contribution is 7.92. The number of nitrogens with one attached hydrogen (secondary N) is 1. The van der Waals surface area contributed by atoms with Crippen molar-refractivity contribution in [1.82, 2.24) is 10.2 Å². The van der Waals surface area contributed by atoms with Crippen LogP contribution in [0.1, 0.15) is 30.9 Å². The zero-order valence-electron chi connectivity index (χ0n) is 23.3. The maximum Gasteiger partial charge on any atom is 0.244 e. The molecule has 2 amide bonds. The Labute approximate surface area is 252 Å². The van der Waals surface area contributed by atoms with E-state index in [0.29, 0.717) is 27.9 Å². The predicted octanol–water partition coefficient (Wildman–Crippen LogP) is 5.32. The molecule has 0 aliphatic rings. The van der Waals surface area contributed by atoms with E-state index in [0.717, 1.165) is 29.0 Å². The average molecular weight is 621 g/mol. The summed E-state index contributed by atoms with van der Waals surface area (Å²) in [6, 6.07) is 19.7. The molecule has 220 valence electrons. The third-order valence-electron chi connectivity index (χ3n) is 6.50. The largest absolute Gasteiger partial charge is 0.497 e. The van der Waals surface area contributed by atoms with Crippen LogP contribution in [0.5, 0.6) is 5.75 Å². The first-order valence-corrected chi connectivity index (χ1v) is 15.8. The van der Waals surface area contributed by atoms with E-state index in [-0.39, 0.29) is 24.6 Å². The number of carbonyl (C=O) groups is 2. The number of hydrogen-bond acceptors (Lipinski definition) is 5. The van der Waals surface area contributed by atoms with Crippen LogP contribution in [-0.2, 0) is 32.6 Å². The number of benzene rings is 3. The lowest BCUT2D eigenvalue weighted by Crippen LogP contribution is -2.53. The van der Waals surface area contributed by atoms with Crippen LogP contribution in [0.2, 0.25) is 10.0 Å². The quantitative estimate of drug-likeness (QED) is 0.246. The van der Waals surface area contributed by atoms with Gasteiger partial charge in [-0.2, -0.15) is 0 Å². The average Bonchev–Trinajstić information content (AvgIpc) is 2.94. The smallest absolute Gasteiger partial charge is 0.244 e.